The van der Waals surface area contributed by atoms with E-state index in [1.807, 2.05) is 24.3 Å². The Morgan fingerprint density at radius 3 is 2.52 bits per heavy atom. The molecule has 116 valence electrons. The van der Waals surface area contributed by atoms with E-state index in [0.29, 0.717) is 10.6 Å². The maximum absolute atomic E-state index is 11.2. The molecule has 0 saturated heterocycles. The number of carboxylic acids is 1. The predicted molar refractivity (Wildman–Crippen MR) is 86.8 cm³/mol. The van der Waals surface area contributed by atoms with Crippen LogP contribution in [0.25, 0.3) is 10.2 Å². The van der Waals surface area contributed by atoms with Crippen LogP contribution in [0, 0.1) is 10.1 Å². The molecule has 0 bridgehead atoms. The van der Waals surface area contributed by atoms with Crippen LogP contribution in [-0.2, 0) is 4.79 Å². The third-order valence-electron chi connectivity index (χ3n) is 3.49. The SMILES string of the molecule is O=C(O)C[C@H](c1ccc([N+](=O)[O-])cc1)c1nc2ccccc2s1. The Balaban J connectivity index is 2.03. The van der Waals surface area contributed by atoms with Crippen molar-refractivity contribution >= 4 is 33.2 Å². The molecule has 0 unspecified atom stereocenters. The van der Waals surface area contributed by atoms with Crippen LogP contribution < -0.4 is 0 Å². The Bertz CT molecular complexity index is 840. The van der Waals surface area contributed by atoms with Crippen molar-refractivity contribution in [1.29, 1.82) is 0 Å². The maximum atomic E-state index is 11.2. The molecule has 1 atom stereocenters. The minimum Gasteiger partial charge on any atom is -0.481 e. The van der Waals surface area contributed by atoms with Crippen LogP contribution >= 0.6 is 11.3 Å². The highest BCUT2D eigenvalue weighted by Gasteiger charge is 2.22. The molecule has 0 radical (unpaired) electrons. The zero-order valence-electron chi connectivity index (χ0n) is 11.9. The van der Waals surface area contributed by atoms with Gasteiger partial charge in [0.15, 0.2) is 0 Å². The number of fused-ring (bicyclic) bond motifs is 1. The molecule has 0 aliphatic carbocycles. The highest BCUT2D eigenvalue weighted by Crippen LogP contribution is 2.34. The van der Waals surface area contributed by atoms with E-state index in [9.17, 15) is 20.0 Å². The number of para-hydroxylation sites is 1. The monoisotopic (exact) mass is 328 g/mol. The fourth-order valence-electron chi connectivity index (χ4n) is 2.39. The van der Waals surface area contributed by atoms with Crippen molar-refractivity contribution in [2.45, 2.75) is 12.3 Å². The van der Waals surface area contributed by atoms with Gasteiger partial charge < -0.3 is 5.11 Å². The van der Waals surface area contributed by atoms with E-state index in [1.54, 1.807) is 12.1 Å². The molecule has 2 aromatic carbocycles. The van der Waals surface area contributed by atoms with E-state index < -0.39 is 16.8 Å². The lowest BCUT2D eigenvalue weighted by atomic mass is 9.96. The van der Waals surface area contributed by atoms with Crippen LogP contribution in [0.1, 0.15) is 22.9 Å². The van der Waals surface area contributed by atoms with Gasteiger partial charge in [0.2, 0.25) is 0 Å². The number of nitro groups is 1. The van der Waals surface area contributed by atoms with Gasteiger partial charge in [-0.3, -0.25) is 14.9 Å². The van der Waals surface area contributed by atoms with Crippen LogP contribution in [-0.4, -0.2) is 21.0 Å². The second kappa shape index (κ2) is 6.13. The molecule has 6 nitrogen and oxygen atoms in total. The first kappa shape index (κ1) is 15.1. The summed E-state index contributed by atoms with van der Waals surface area (Å²) in [7, 11) is 0. The fraction of sp³-hybridized carbons (Fsp3) is 0.125. The summed E-state index contributed by atoms with van der Waals surface area (Å²) in [5.41, 5.74) is 1.51. The van der Waals surface area contributed by atoms with Crippen molar-refractivity contribution in [2.75, 3.05) is 0 Å². The van der Waals surface area contributed by atoms with Crippen molar-refractivity contribution in [2.24, 2.45) is 0 Å². The minimum atomic E-state index is -0.937. The van der Waals surface area contributed by atoms with Crippen molar-refractivity contribution in [3.8, 4) is 0 Å². The third-order valence-corrected chi connectivity index (χ3v) is 4.64. The molecule has 7 heteroatoms. The molecule has 0 amide bonds. The molecule has 0 spiro atoms. The van der Waals surface area contributed by atoms with E-state index in [2.05, 4.69) is 4.98 Å². The van der Waals surface area contributed by atoms with E-state index in [-0.39, 0.29) is 12.1 Å². The Morgan fingerprint density at radius 2 is 1.91 bits per heavy atom. The average molecular weight is 328 g/mol. The molecule has 0 aliphatic rings. The number of carboxylic acid groups (broad SMARTS) is 1. The number of nitro benzene ring substituents is 1. The molecule has 0 saturated carbocycles. The molecule has 1 heterocycles. The number of aromatic nitrogens is 1. The summed E-state index contributed by atoms with van der Waals surface area (Å²) in [6.07, 6.45) is -0.113. The van der Waals surface area contributed by atoms with Gasteiger partial charge in [0.05, 0.1) is 21.6 Å². The lowest BCUT2D eigenvalue weighted by molar-refractivity contribution is -0.384. The predicted octanol–water partition coefficient (Wildman–Crippen LogP) is 3.81. The van der Waals surface area contributed by atoms with Gasteiger partial charge in [-0.2, -0.15) is 0 Å². The van der Waals surface area contributed by atoms with Gasteiger partial charge in [0.1, 0.15) is 5.01 Å². The lowest BCUT2D eigenvalue weighted by Gasteiger charge is -2.12. The number of thiazole rings is 1. The zero-order valence-corrected chi connectivity index (χ0v) is 12.7. The second-order valence-electron chi connectivity index (χ2n) is 5.02. The second-order valence-corrected chi connectivity index (χ2v) is 6.08. The van der Waals surface area contributed by atoms with Crippen molar-refractivity contribution in [3.05, 3.63) is 69.2 Å². The van der Waals surface area contributed by atoms with E-state index in [0.717, 1.165) is 10.2 Å². The first-order valence-corrected chi connectivity index (χ1v) is 7.68. The summed E-state index contributed by atoms with van der Waals surface area (Å²) in [5.74, 6) is -1.36. The van der Waals surface area contributed by atoms with Crippen molar-refractivity contribution in [1.82, 2.24) is 4.98 Å². The molecule has 3 aromatic rings. The van der Waals surface area contributed by atoms with E-state index in [1.165, 1.54) is 23.5 Å². The fourth-order valence-corrected chi connectivity index (χ4v) is 3.49. The normalized spacial score (nSPS) is 12.2. The number of hydrogen-bond donors (Lipinski definition) is 1. The first-order valence-electron chi connectivity index (χ1n) is 6.86. The largest absolute Gasteiger partial charge is 0.481 e. The van der Waals surface area contributed by atoms with Gasteiger partial charge in [0, 0.05) is 18.1 Å². The van der Waals surface area contributed by atoms with Crippen LogP contribution in [0.3, 0.4) is 0 Å². The highest BCUT2D eigenvalue weighted by atomic mass is 32.1. The third kappa shape index (κ3) is 3.19. The van der Waals surface area contributed by atoms with Crippen LogP contribution in [0.2, 0.25) is 0 Å². The standard InChI is InChI=1S/C16H12N2O4S/c19-15(20)9-12(10-5-7-11(8-6-10)18(21)22)16-17-13-3-1-2-4-14(13)23-16/h1-8,12H,9H2,(H,19,20)/t12-/m1/s1. The minimum absolute atomic E-state index is 0.0212. The van der Waals surface area contributed by atoms with Crippen molar-refractivity contribution in [3.63, 3.8) is 0 Å². The van der Waals surface area contributed by atoms with Gasteiger partial charge >= 0.3 is 5.97 Å². The Kier molecular flexibility index (Phi) is 4.03. The Morgan fingerprint density at radius 1 is 1.22 bits per heavy atom. The van der Waals surface area contributed by atoms with Crippen molar-refractivity contribution < 1.29 is 14.8 Å². The Hall–Kier alpha value is -2.80. The van der Waals surface area contributed by atoms with Gasteiger partial charge in [-0.25, -0.2) is 4.98 Å². The molecule has 0 aliphatic heterocycles. The summed E-state index contributed by atoms with van der Waals surface area (Å²) in [6, 6.07) is 13.6. The summed E-state index contributed by atoms with van der Waals surface area (Å²) in [6.45, 7) is 0. The van der Waals surface area contributed by atoms with E-state index >= 15 is 0 Å². The number of nitrogens with zero attached hydrogens (tertiary/aromatic N) is 2. The molecular formula is C16H12N2O4S. The quantitative estimate of drug-likeness (QED) is 0.568. The van der Waals surface area contributed by atoms with Crippen LogP contribution in [0.4, 0.5) is 5.69 Å². The lowest BCUT2D eigenvalue weighted by Crippen LogP contribution is -2.07. The summed E-state index contributed by atoms with van der Waals surface area (Å²) in [4.78, 5) is 26.0. The summed E-state index contributed by atoms with van der Waals surface area (Å²) >= 11 is 1.44. The number of hydrogen-bond acceptors (Lipinski definition) is 5. The Labute approximate surface area is 135 Å². The van der Waals surface area contributed by atoms with Gasteiger partial charge in [-0.15, -0.1) is 11.3 Å². The number of carbonyl (C=O) groups is 1. The maximum Gasteiger partial charge on any atom is 0.304 e. The number of aliphatic carboxylic acids is 1. The smallest absolute Gasteiger partial charge is 0.304 e. The van der Waals surface area contributed by atoms with Gasteiger partial charge in [0.25, 0.3) is 5.69 Å². The van der Waals surface area contributed by atoms with Gasteiger partial charge in [-0.1, -0.05) is 24.3 Å². The number of benzene rings is 2. The highest BCUT2D eigenvalue weighted by molar-refractivity contribution is 7.18. The topological polar surface area (TPSA) is 93.3 Å². The zero-order chi connectivity index (χ0) is 16.4. The molecule has 23 heavy (non-hydrogen) atoms. The molecule has 0 fully saturated rings. The van der Waals surface area contributed by atoms with Gasteiger partial charge in [-0.05, 0) is 17.7 Å². The number of non-ortho nitro benzene ring substituents is 1. The molecule has 1 N–H and O–H groups in total. The van der Waals surface area contributed by atoms with Crippen LogP contribution in [0.15, 0.2) is 48.5 Å². The molecule has 3 rings (SSSR count). The first-order chi connectivity index (χ1) is 11.0. The molecule has 1 aromatic heterocycles. The molecular weight excluding hydrogens is 316 g/mol. The summed E-state index contributed by atoms with van der Waals surface area (Å²) in [5, 5.41) is 20.6. The van der Waals surface area contributed by atoms with E-state index in [4.69, 9.17) is 0 Å². The average Bonchev–Trinajstić information content (AvgIpc) is 2.96. The van der Waals surface area contributed by atoms with Crippen LogP contribution in [0.5, 0.6) is 0 Å². The number of rotatable bonds is 5. The summed E-state index contributed by atoms with van der Waals surface area (Å²) < 4.78 is 0.986.